The van der Waals surface area contributed by atoms with Crippen LogP contribution >= 0.6 is 0 Å². The molecular formula is C11H14N2O4. The fraction of sp³-hybridized carbons (Fsp3) is 0.273. The van der Waals surface area contributed by atoms with E-state index in [2.05, 4.69) is 0 Å². The molecule has 1 aromatic rings. The largest absolute Gasteiger partial charge is 0.460 e. The highest BCUT2D eigenvalue weighted by molar-refractivity contribution is 5.81. The van der Waals surface area contributed by atoms with Gasteiger partial charge in [-0.25, -0.2) is 0 Å². The van der Waals surface area contributed by atoms with E-state index in [-0.39, 0.29) is 6.61 Å². The van der Waals surface area contributed by atoms with Crippen molar-refractivity contribution in [1.29, 1.82) is 0 Å². The third-order valence-corrected chi connectivity index (χ3v) is 2.16. The normalized spacial score (nSPS) is 13.8. The molecule has 4 N–H and O–H groups in total. The summed E-state index contributed by atoms with van der Waals surface area (Å²) in [4.78, 5) is 21.9. The first-order valence-electron chi connectivity index (χ1n) is 5.00. The van der Waals surface area contributed by atoms with Gasteiger partial charge in [0.05, 0.1) is 6.04 Å². The fourth-order valence-electron chi connectivity index (χ4n) is 1.19. The van der Waals surface area contributed by atoms with E-state index in [1.54, 1.807) is 17.6 Å². The van der Waals surface area contributed by atoms with Crippen LogP contribution in [0.3, 0.4) is 0 Å². The van der Waals surface area contributed by atoms with Crippen molar-refractivity contribution in [2.45, 2.75) is 18.7 Å². The molecular weight excluding hydrogens is 224 g/mol. The molecule has 1 rings (SSSR count). The molecule has 1 unspecified atom stereocenters. The molecule has 0 saturated heterocycles. The summed E-state index contributed by atoms with van der Waals surface area (Å²) < 4.78 is 4.90. The number of benzene rings is 1. The van der Waals surface area contributed by atoms with Gasteiger partial charge in [-0.1, -0.05) is 30.3 Å². The first kappa shape index (κ1) is 13.3. The number of ether oxygens (including phenoxy) is 1. The van der Waals surface area contributed by atoms with Gasteiger partial charge >= 0.3 is 5.97 Å². The number of hydroxylamine groups is 1. The molecule has 92 valence electrons. The summed E-state index contributed by atoms with van der Waals surface area (Å²) in [6.45, 7) is 0.0590. The number of hydrogen-bond donors (Lipinski definition) is 3. The zero-order valence-electron chi connectivity index (χ0n) is 9.08. The van der Waals surface area contributed by atoms with Crippen LogP contribution in [0.4, 0.5) is 0 Å². The second-order valence-electron chi connectivity index (χ2n) is 3.41. The molecule has 0 aliphatic rings. The summed E-state index contributed by atoms with van der Waals surface area (Å²) in [6, 6.07) is 6.62. The molecule has 0 amide bonds. The predicted molar refractivity (Wildman–Crippen MR) is 59.0 cm³/mol. The lowest BCUT2D eigenvalue weighted by Crippen LogP contribution is -2.50. The molecule has 0 aliphatic carbocycles. The second-order valence-corrected chi connectivity index (χ2v) is 3.41. The highest BCUT2D eigenvalue weighted by Crippen LogP contribution is 2.02. The number of carbonyl (C=O) groups excluding carboxylic acids is 2. The number of nitrogens with one attached hydrogen (secondary N) is 1. The maximum Gasteiger partial charge on any atom is 0.327 e. The SMILES string of the molecule is N[C@H](C=O)C(NO)C(=O)OCc1ccccc1. The average Bonchev–Trinajstić information content (AvgIpc) is 2.38. The number of hydrogen-bond acceptors (Lipinski definition) is 6. The monoisotopic (exact) mass is 238 g/mol. The highest BCUT2D eigenvalue weighted by atomic mass is 16.5. The molecule has 17 heavy (non-hydrogen) atoms. The van der Waals surface area contributed by atoms with Crippen LogP contribution in [-0.2, 0) is 20.9 Å². The van der Waals surface area contributed by atoms with E-state index >= 15 is 0 Å². The standard InChI is InChI=1S/C11H14N2O4/c12-9(6-14)10(13-16)11(15)17-7-8-4-2-1-3-5-8/h1-6,9-10,13,16H,7,12H2/t9-,10?/m1/s1. The van der Waals surface area contributed by atoms with E-state index in [0.29, 0.717) is 6.29 Å². The maximum atomic E-state index is 11.5. The predicted octanol–water partition coefficient (Wildman–Crippen LogP) is -0.397. The van der Waals surface area contributed by atoms with Gasteiger partial charge in [-0.05, 0) is 5.56 Å². The van der Waals surface area contributed by atoms with Crippen LogP contribution in [0.15, 0.2) is 30.3 Å². The average molecular weight is 238 g/mol. The second kappa shape index (κ2) is 6.74. The Bertz CT molecular complexity index is 369. The van der Waals surface area contributed by atoms with Gasteiger partial charge < -0.3 is 20.5 Å². The van der Waals surface area contributed by atoms with Gasteiger partial charge in [-0.2, -0.15) is 5.48 Å². The number of rotatable bonds is 6. The van der Waals surface area contributed by atoms with Gasteiger partial charge in [0.15, 0.2) is 6.04 Å². The summed E-state index contributed by atoms with van der Waals surface area (Å²) >= 11 is 0. The summed E-state index contributed by atoms with van der Waals surface area (Å²) in [5.74, 6) is -0.782. The van der Waals surface area contributed by atoms with Crippen LogP contribution in [0.1, 0.15) is 5.56 Å². The van der Waals surface area contributed by atoms with E-state index in [0.717, 1.165) is 5.56 Å². The van der Waals surface area contributed by atoms with Crippen LogP contribution in [0, 0.1) is 0 Å². The topological polar surface area (TPSA) is 102 Å². The minimum Gasteiger partial charge on any atom is -0.460 e. The van der Waals surface area contributed by atoms with Crippen LogP contribution in [-0.4, -0.2) is 29.5 Å². The van der Waals surface area contributed by atoms with Gasteiger partial charge in [0.1, 0.15) is 12.9 Å². The molecule has 0 heterocycles. The van der Waals surface area contributed by atoms with Crippen LogP contribution < -0.4 is 11.2 Å². The Hall–Kier alpha value is -1.76. The fourth-order valence-corrected chi connectivity index (χ4v) is 1.19. The Morgan fingerprint density at radius 3 is 2.65 bits per heavy atom. The first-order valence-corrected chi connectivity index (χ1v) is 5.00. The van der Waals surface area contributed by atoms with E-state index in [1.165, 1.54) is 0 Å². The molecule has 0 aliphatic heterocycles. The zero-order valence-corrected chi connectivity index (χ0v) is 9.08. The summed E-state index contributed by atoms with van der Waals surface area (Å²) in [7, 11) is 0. The first-order chi connectivity index (χ1) is 8.19. The van der Waals surface area contributed by atoms with Crippen LogP contribution in [0.5, 0.6) is 0 Å². The molecule has 6 nitrogen and oxygen atoms in total. The van der Waals surface area contributed by atoms with Gasteiger partial charge in [-0.3, -0.25) is 4.79 Å². The molecule has 1 aromatic carbocycles. The van der Waals surface area contributed by atoms with Gasteiger partial charge in [0.25, 0.3) is 0 Å². The van der Waals surface area contributed by atoms with E-state index in [4.69, 9.17) is 15.7 Å². The molecule has 0 spiro atoms. The molecule has 2 atom stereocenters. The van der Waals surface area contributed by atoms with Crippen LogP contribution in [0.25, 0.3) is 0 Å². The molecule has 0 aromatic heterocycles. The van der Waals surface area contributed by atoms with E-state index in [9.17, 15) is 9.59 Å². The molecule has 0 saturated carbocycles. The van der Waals surface area contributed by atoms with Crippen molar-refractivity contribution in [2.75, 3.05) is 0 Å². The zero-order chi connectivity index (χ0) is 12.7. The molecule has 0 fully saturated rings. The third-order valence-electron chi connectivity index (χ3n) is 2.16. The van der Waals surface area contributed by atoms with Gasteiger partial charge in [0.2, 0.25) is 0 Å². The number of aldehydes is 1. The quantitative estimate of drug-likeness (QED) is 0.354. The lowest BCUT2D eigenvalue weighted by Gasteiger charge is -2.16. The lowest BCUT2D eigenvalue weighted by atomic mass is 10.1. The molecule has 0 radical (unpaired) electrons. The summed E-state index contributed by atoms with van der Waals surface area (Å²) in [5.41, 5.74) is 7.77. The van der Waals surface area contributed by atoms with E-state index in [1.807, 2.05) is 18.2 Å². The van der Waals surface area contributed by atoms with Crippen molar-refractivity contribution in [3.8, 4) is 0 Å². The molecule has 6 heteroatoms. The van der Waals surface area contributed by atoms with Crippen molar-refractivity contribution in [1.82, 2.24) is 5.48 Å². The van der Waals surface area contributed by atoms with Crippen molar-refractivity contribution < 1.29 is 19.5 Å². The Morgan fingerprint density at radius 2 is 2.12 bits per heavy atom. The summed E-state index contributed by atoms with van der Waals surface area (Å²) in [5, 5.41) is 8.71. The Morgan fingerprint density at radius 1 is 1.47 bits per heavy atom. The number of esters is 1. The van der Waals surface area contributed by atoms with Crippen molar-refractivity contribution >= 4 is 12.3 Å². The van der Waals surface area contributed by atoms with Crippen molar-refractivity contribution in [3.63, 3.8) is 0 Å². The Balaban J connectivity index is 2.51. The summed E-state index contributed by atoms with van der Waals surface area (Å²) in [6.07, 6.45) is 0.359. The smallest absolute Gasteiger partial charge is 0.327 e. The minimum atomic E-state index is -1.25. The Kier molecular flexibility index (Phi) is 5.28. The lowest BCUT2D eigenvalue weighted by molar-refractivity contribution is -0.151. The van der Waals surface area contributed by atoms with Crippen molar-refractivity contribution in [2.24, 2.45) is 5.73 Å². The third kappa shape index (κ3) is 3.95. The van der Waals surface area contributed by atoms with Gasteiger partial charge in [0, 0.05) is 0 Å². The maximum absolute atomic E-state index is 11.5. The number of nitrogens with two attached hydrogens (primary N) is 1. The van der Waals surface area contributed by atoms with Crippen molar-refractivity contribution in [3.05, 3.63) is 35.9 Å². The Labute approximate surface area is 98.3 Å². The van der Waals surface area contributed by atoms with Gasteiger partial charge in [-0.15, -0.1) is 0 Å². The molecule has 0 bridgehead atoms. The van der Waals surface area contributed by atoms with Crippen LogP contribution in [0.2, 0.25) is 0 Å². The highest BCUT2D eigenvalue weighted by Gasteiger charge is 2.26. The minimum absolute atomic E-state index is 0.0590. The van der Waals surface area contributed by atoms with E-state index < -0.39 is 18.1 Å². The number of carbonyl (C=O) groups is 2.